The fourth-order valence-corrected chi connectivity index (χ4v) is 3.48. The van der Waals surface area contributed by atoms with Gasteiger partial charge in [0.2, 0.25) is 5.91 Å². The summed E-state index contributed by atoms with van der Waals surface area (Å²) < 4.78 is 7.21. The first-order valence-electron chi connectivity index (χ1n) is 9.78. The number of carbonyl (C=O) groups excluding carboxylic acids is 2. The lowest BCUT2D eigenvalue weighted by atomic mass is 10.1. The summed E-state index contributed by atoms with van der Waals surface area (Å²) in [4.78, 5) is 32.4. The average molecular weight is 409 g/mol. The molecule has 30 heavy (non-hydrogen) atoms. The minimum atomic E-state index is -0.819. The molecular formula is C21H23N5O4. The number of hydrogen-bond acceptors (Lipinski definition) is 6. The lowest BCUT2D eigenvalue weighted by Gasteiger charge is -2.21. The van der Waals surface area contributed by atoms with E-state index in [4.69, 9.17) is 4.42 Å². The van der Waals surface area contributed by atoms with Crippen LogP contribution in [0.3, 0.4) is 0 Å². The molecule has 4 rings (SSSR count). The number of amides is 2. The van der Waals surface area contributed by atoms with Crippen molar-refractivity contribution in [2.75, 3.05) is 26.2 Å². The Kier molecular flexibility index (Phi) is 5.89. The van der Waals surface area contributed by atoms with Crippen LogP contribution in [-0.4, -0.2) is 73.8 Å². The molecule has 9 nitrogen and oxygen atoms in total. The number of nitrogens with zero attached hydrogens (tertiary/aromatic N) is 5. The summed E-state index contributed by atoms with van der Waals surface area (Å²) in [6, 6.07) is 13.1. The Morgan fingerprint density at radius 3 is 2.77 bits per heavy atom. The maximum absolute atomic E-state index is 12.9. The predicted molar refractivity (Wildman–Crippen MR) is 106 cm³/mol. The molecule has 156 valence electrons. The van der Waals surface area contributed by atoms with Gasteiger partial charge >= 0.3 is 0 Å². The first-order valence-corrected chi connectivity index (χ1v) is 9.78. The van der Waals surface area contributed by atoms with Gasteiger partial charge in [0.1, 0.15) is 31.5 Å². The molecule has 1 N–H and O–H groups in total. The highest BCUT2D eigenvalue weighted by atomic mass is 16.4. The van der Waals surface area contributed by atoms with E-state index in [0.717, 1.165) is 5.56 Å². The van der Waals surface area contributed by atoms with Crippen LogP contribution < -0.4 is 0 Å². The lowest BCUT2D eigenvalue weighted by Crippen LogP contribution is -2.40. The van der Waals surface area contributed by atoms with E-state index in [-0.39, 0.29) is 31.3 Å². The minimum Gasteiger partial charge on any atom is -0.454 e. The van der Waals surface area contributed by atoms with Crippen molar-refractivity contribution < 1.29 is 19.1 Å². The molecule has 2 aromatic heterocycles. The molecule has 0 bridgehead atoms. The molecule has 0 spiro atoms. The molecule has 1 fully saturated rings. The molecule has 1 atom stereocenters. The highest BCUT2D eigenvalue weighted by Gasteiger charge is 2.31. The molecule has 3 heterocycles. The van der Waals surface area contributed by atoms with Crippen molar-refractivity contribution in [3.8, 4) is 0 Å². The van der Waals surface area contributed by atoms with Crippen LogP contribution in [0.2, 0.25) is 0 Å². The second kappa shape index (κ2) is 8.91. The third-order valence-corrected chi connectivity index (χ3v) is 5.00. The zero-order chi connectivity index (χ0) is 20.9. The zero-order valence-corrected chi connectivity index (χ0v) is 16.4. The molecular weight excluding hydrogens is 386 g/mol. The van der Waals surface area contributed by atoms with Crippen molar-refractivity contribution in [3.63, 3.8) is 0 Å². The van der Waals surface area contributed by atoms with Crippen molar-refractivity contribution in [1.82, 2.24) is 24.6 Å². The molecule has 1 aromatic carbocycles. The summed E-state index contributed by atoms with van der Waals surface area (Å²) in [5.74, 6) is 0.0697. The van der Waals surface area contributed by atoms with Gasteiger partial charge in [-0.3, -0.25) is 9.59 Å². The van der Waals surface area contributed by atoms with Crippen LogP contribution in [0.4, 0.5) is 0 Å². The fourth-order valence-electron chi connectivity index (χ4n) is 3.48. The van der Waals surface area contributed by atoms with Crippen molar-refractivity contribution in [1.29, 1.82) is 0 Å². The predicted octanol–water partition coefficient (Wildman–Crippen LogP) is 0.807. The average Bonchev–Trinajstić information content (AvgIpc) is 3.40. The molecule has 1 saturated heterocycles. The molecule has 2 amide bonds. The van der Waals surface area contributed by atoms with Crippen LogP contribution in [-0.2, 0) is 17.8 Å². The highest BCUT2D eigenvalue weighted by molar-refractivity contribution is 5.94. The number of aliphatic hydroxyl groups is 1. The van der Waals surface area contributed by atoms with Gasteiger partial charge in [-0.1, -0.05) is 30.3 Å². The van der Waals surface area contributed by atoms with Crippen molar-refractivity contribution >= 4 is 11.8 Å². The summed E-state index contributed by atoms with van der Waals surface area (Å²) in [6.07, 6.45) is 2.85. The molecule has 1 aliphatic heterocycles. The Bertz CT molecular complexity index is 986. The molecule has 0 radical (unpaired) electrons. The van der Waals surface area contributed by atoms with Crippen molar-refractivity contribution in [2.45, 2.75) is 19.1 Å². The van der Waals surface area contributed by atoms with Gasteiger partial charge in [0.25, 0.3) is 5.91 Å². The van der Waals surface area contributed by atoms with Gasteiger partial charge in [-0.2, -0.15) is 5.10 Å². The maximum atomic E-state index is 12.9. The summed E-state index contributed by atoms with van der Waals surface area (Å²) >= 11 is 0. The third-order valence-electron chi connectivity index (χ3n) is 5.00. The van der Waals surface area contributed by atoms with Gasteiger partial charge < -0.3 is 19.3 Å². The lowest BCUT2D eigenvalue weighted by molar-refractivity contribution is -0.131. The number of rotatable bonds is 6. The van der Waals surface area contributed by atoms with Crippen LogP contribution in [0.25, 0.3) is 0 Å². The fraction of sp³-hybridized carbons (Fsp3) is 0.333. The van der Waals surface area contributed by atoms with Gasteiger partial charge in [-0.15, -0.1) is 0 Å². The second-order valence-electron chi connectivity index (χ2n) is 7.27. The van der Waals surface area contributed by atoms with E-state index < -0.39 is 12.0 Å². The van der Waals surface area contributed by atoms with Gasteiger partial charge in [0.15, 0.2) is 5.76 Å². The number of hydrogen-bond donors (Lipinski definition) is 1. The van der Waals surface area contributed by atoms with E-state index in [1.54, 1.807) is 28.0 Å². The monoisotopic (exact) mass is 409 g/mol. The van der Waals surface area contributed by atoms with E-state index in [1.807, 2.05) is 30.3 Å². The van der Waals surface area contributed by atoms with Gasteiger partial charge in [0.05, 0.1) is 6.10 Å². The number of benzene rings is 1. The molecule has 1 unspecified atom stereocenters. The van der Waals surface area contributed by atoms with Gasteiger partial charge in [0, 0.05) is 19.6 Å². The first-order chi connectivity index (χ1) is 14.6. The number of aromatic nitrogens is 3. The SMILES string of the molecule is O=C1CN(C(=O)c2ccc(Cn3cncn3)o2)CC(O)CN1CCc1ccccc1. The van der Waals surface area contributed by atoms with Crippen LogP contribution >= 0.6 is 0 Å². The smallest absolute Gasteiger partial charge is 0.290 e. The Balaban J connectivity index is 1.39. The minimum absolute atomic E-state index is 0.0749. The van der Waals surface area contributed by atoms with Crippen molar-refractivity contribution in [3.05, 3.63) is 72.2 Å². The molecule has 3 aromatic rings. The van der Waals surface area contributed by atoms with E-state index in [9.17, 15) is 14.7 Å². The number of carbonyl (C=O) groups is 2. The second-order valence-corrected chi connectivity index (χ2v) is 7.27. The summed E-state index contributed by atoms with van der Waals surface area (Å²) in [7, 11) is 0. The molecule has 9 heteroatoms. The Labute approximate surface area is 173 Å². The quantitative estimate of drug-likeness (QED) is 0.646. The van der Waals surface area contributed by atoms with Crippen LogP contribution in [0.1, 0.15) is 21.9 Å². The molecule has 0 aliphatic carbocycles. The third kappa shape index (κ3) is 4.74. The highest BCUT2D eigenvalue weighted by Crippen LogP contribution is 2.15. The van der Waals surface area contributed by atoms with Gasteiger partial charge in [-0.25, -0.2) is 9.67 Å². The van der Waals surface area contributed by atoms with Crippen LogP contribution in [0.5, 0.6) is 0 Å². The van der Waals surface area contributed by atoms with E-state index in [1.165, 1.54) is 11.2 Å². The largest absolute Gasteiger partial charge is 0.454 e. The van der Waals surface area contributed by atoms with E-state index in [2.05, 4.69) is 10.1 Å². The summed E-state index contributed by atoms with van der Waals surface area (Å²) in [5.41, 5.74) is 1.12. The van der Waals surface area contributed by atoms with E-state index >= 15 is 0 Å². The van der Waals surface area contributed by atoms with Gasteiger partial charge in [-0.05, 0) is 24.1 Å². The first kappa shape index (κ1) is 19.8. The van der Waals surface area contributed by atoms with Crippen LogP contribution in [0.15, 0.2) is 59.5 Å². The normalized spacial score (nSPS) is 17.2. The maximum Gasteiger partial charge on any atom is 0.290 e. The molecule has 1 aliphatic rings. The molecule has 0 saturated carbocycles. The summed E-state index contributed by atoms with van der Waals surface area (Å²) in [5, 5.41) is 14.4. The topological polar surface area (TPSA) is 105 Å². The number of furan rings is 1. The Morgan fingerprint density at radius 2 is 2.00 bits per heavy atom. The Morgan fingerprint density at radius 1 is 1.17 bits per heavy atom. The van der Waals surface area contributed by atoms with Crippen LogP contribution in [0, 0.1) is 0 Å². The number of aliphatic hydroxyl groups excluding tert-OH is 1. The standard InChI is InChI=1S/C21H23N5O4/c27-17-10-24(9-8-16-4-2-1-3-5-16)20(28)13-25(11-17)21(29)19-7-6-18(30-19)12-26-15-22-14-23-26/h1-7,14-15,17,27H,8-13H2. The Hall–Kier alpha value is -3.46. The zero-order valence-electron chi connectivity index (χ0n) is 16.4. The van der Waals surface area contributed by atoms with Crippen molar-refractivity contribution in [2.24, 2.45) is 0 Å². The number of β-amino-alcohol motifs (C(OH)–C–C–N with tert-alkyl or cyclic N) is 1. The van der Waals surface area contributed by atoms with E-state index in [0.29, 0.717) is 25.3 Å². The summed E-state index contributed by atoms with van der Waals surface area (Å²) in [6.45, 7) is 1.02.